The lowest BCUT2D eigenvalue weighted by atomic mass is 10.2. The van der Waals surface area contributed by atoms with Crippen LogP contribution in [0.5, 0.6) is 0 Å². The van der Waals surface area contributed by atoms with Crippen molar-refractivity contribution in [2.75, 3.05) is 41.7 Å². The Kier molecular flexibility index (Phi) is 8.92. The monoisotopic (exact) mass is 602 g/mol. The Morgan fingerprint density at radius 2 is 1.67 bits per heavy atom. The number of benzene rings is 2. The Hall–Kier alpha value is -4.17. The van der Waals surface area contributed by atoms with Gasteiger partial charge in [-0.25, -0.2) is 19.2 Å². The molecule has 0 spiro atoms. The average Bonchev–Trinajstić information content (AvgIpc) is 3.44. The standard InChI is InChI=1S/C28H26F4N6O3S/c29-20-8-4-5-9-21(20)35-26(40)38-14-12-37(13-15-38)22-11-10-19(16-33-22)34-25(39)23-24(28(30,31)32)36-27(41-23)42-17-18-6-2-1-3-7-18/h1-11,16,23,27H,12-15,17H2,(H,34,39)(H,35,40). The second kappa shape index (κ2) is 12.8. The van der Waals surface area contributed by atoms with E-state index in [1.165, 1.54) is 30.5 Å². The zero-order valence-electron chi connectivity index (χ0n) is 22.1. The van der Waals surface area contributed by atoms with E-state index in [2.05, 4.69) is 20.6 Å². The van der Waals surface area contributed by atoms with Crippen LogP contribution >= 0.6 is 11.8 Å². The molecule has 3 aromatic rings. The number of carbonyl (C=O) groups excluding carboxylic acids is 2. The van der Waals surface area contributed by atoms with Crippen LogP contribution in [0.25, 0.3) is 0 Å². The molecular weight excluding hydrogens is 576 g/mol. The molecule has 5 rings (SSSR count). The first kappa shape index (κ1) is 29.3. The van der Waals surface area contributed by atoms with Crippen molar-refractivity contribution in [3.63, 3.8) is 0 Å². The van der Waals surface area contributed by atoms with Crippen molar-refractivity contribution >= 4 is 46.6 Å². The van der Waals surface area contributed by atoms with E-state index in [9.17, 15) is 27.2 Å². The van der Waals surface area contributed by atoms with Crippen molar-refractivity contribution in [2.45, 2.75) is 23.6 Å². The van der Waals surface area contributed by atoms with Gasteiger partial charge in [0.15, 0.2) is 17.4 Å². The SMILES string of the molecule is O=C(Nc1ccc(N2CCN(C(=O)Nc3ccccc3F)CC2)nc1)C1OC(SCc2ccccc2)N=C1C(F)(F)F. The number of alkyl halides is 3. The molecule has 2 aromatic carbocycles. The number of anilines is 3. The van der Waals surface area contributed by atoms with Gasteiger partial charge in [-0.1, -0.05) is 42.5 Å². The first-order valence-corrected chi connectivity index (χ1v) is 14.0. The number of nitrogens with zero attached hydrogens (tertiary/aromatic N) is 4. The van der Waals surface area contributed by atoms with Crippen LogP contribution in [0.4, 0.5) is 39.5 Å². The Labute approximate surface area is 243 Å². The number of thioether (sulfide) groups is 1. The molecule has 1 saturated heterocycles. The molecule has 2 N–H and O–H groups in total. The third-order valence-electron chi connectivity index (χ3n) is 6.53. The molecule has 9 nitrogen and oxygen atoms in total. The first-order valence-electron chi connectivity index (χ1n) is 13.0. The summed E-state index contributed by atoms with van der Waals surface area (Å²) in [5.74, 6) is -0.596. The second-order valence-corrected chi connectivity index (χ2v) is 10.4. The van der Waals surface area contributed by atoms with E-state index >= 15 is 0 Å². The van der Waals surface area contributed by atoms with Crippen molar-refractivity contribution < 1.29 is 31.9 Å². The number of ether oxygens (including phenoxy) is 1. The number of amides is 3. The summed E-state index contributed by atoms with van der Waals surface area (Å²) in [5.41, 5.74) is -1.28. The Balaban J connectivity index is 1.14. The van der Waals surface area contributed by atoms with Crippen molar-refractivity contribution in [2.24, 2.45) is 4.99 Å². The lowest BCUT2D eigenvalue weighted by molar-refractivity contribution is -0.125. The van der Waals surface area contributed by atoms with E-state index in [4.69, 9.17) is 4.74 Å². The summed E-state index contributed by atoms with van der Waals surface area (Å²) >= 11 is 1.05. The number of para-hydroxylation sites is 1. The van der Waals surface area contributed by atoms with Gasteiger partial charge >= 0.3 is 12.2 Å². The molecule has 1 fully saturated rings. The number of piperazine rings is 1. The molecular formula is C28H26F4N6O3S. The van der Waals surface area contributed by atoms with Gasteiger partial charge in [-0.3, -0.25) is 4.79 Å². The summed E-state index contributed by atoms with van der Waals surface area (Å²) in [4.78, 5) is 36.7. The van der Waals surface area contributed by atoms with Crippen molar-refractivity contribution in [3.8, 4) is 0 Å². The molecule has 0 radical (unpaired) electrons. The molecule has 14 heteroatoms. The van der Waals surface area contributed by atoms with E-state index in [0.29, 0.717) is 37.7 Å². The molecule has 3 amide bonds. The van der Waals surface area contributed by atoms with Gasteiger partial charge in [0.05, 0.1) is 17.6 Å². The van der Waals surface area contributed by atoms with Crippen LogP contribution in [0.3, 0.4) is 0 Å². The minimum Gasteiger partial charge on any atom is -0.353 e. The number of urea groups is 1. The van der Waals surface area contributed by atoms with E-state index in [1.807, 2.05) is 35.2 Å². The van der Waals surface area contributed by atoms with Gasteiger partial charge in [-0.15, -0.1) is 11.8 Å². The van der Waals surface area contributed by atoms with Crippen LogP contribution in [0.2, 0.25) is 0 Å². The zero-order valence-corrected chi connectivity index (χ0v) is 22.9. The van der Waals surface area contributed by atoms with Crippen LogP contribution in [-0.2, 0) is 15.3 Å². The van der Waals surface area contributed by atoms with E-state index < -0.39 is 41.3 Å². The highest BCUT2D eigenvalue weighted by atomic mass is 32.2. The van der Waals surface area contributed by atoms with Gasteiger partial charge < -0.3 is 25.2 Å². The number of aromatic nitrogens is 1. The normalized spacial score (nSPS) is 18.9. The summed E-state index contributed by atoms with van der Waals surface area (Å²) in [6, 6.07) is 17.8. The summed E-state index contributed by atoms with van der Waals surface area (Å²) in [6.45, 7) is 1.63. The van der Waals surface area contributed by atoms with Gasteiger partial charge in [0.1, 0.15) is 11.6 Å². The topological polar surface area (TPSA) is 99.2 Å². The largest absolute Gasteiger partial charge is 0.432 e. The minimum atomic E-state index is -4.83. The number of hydrogen-bond donors (Lipinski definition) is 2. The summed E-state index contributed by atoms with van der Waals surface area (Å²) in [7, 11) is 0. The van der Waals surface area contributed by atoms with E-state index in [1.54, 1.807) is 17.0 Å². The summed E-state index contributed by atoms with van der Waals surface area (Å²) in [5, 5.41) is 4.99. The number of rotatable bonds is 7. The van der Waals surface area contributed by atoms with Gasteiger partial charge in [-0.05, 0) is 29.8 Å². The van der Waals surface area contributed by atoms with E-state index in [0.717, 1.165) is 17.3 Å². The molecule has 0 aliphatic carbocycles. The Morgan fingerprint density at radius 1 is 0.952 bits per heavy atom. The zero-order chi connectivity index (χ0) is 29.7. The predicted octanol–water partition coefficient (Wildman–Crippen LogP) is 5.13. The number of carbonyl (C=O) groups is 2. The van der Waals surface area contributed by atoms with Crippen LogP contribution < -0.4 is 15.5 Å². The summed E-state index contributed by atoms with van der Waals surface area (Å²) in [6.07, 6.45) is -5.41. The van der Waals surface area contributed by atoms with Crippen LogP contribution in [0.1, 0.15) is 5.56 Å². The maximum atomic E-state index is 13.8. The molecule has 220 valence electrons. The number of nitrogens with one attached hydrogen (secondary N) is 2. The van der Waals surface area contributed by atoms with Crippen LogP contribution in [0, 0.1) is 5.82 Å². The molecule has 0 bridgehead atoms. The number of aliphatic imine (C=N–C) groups is 1. The lowest BCUT2D eigenvalue weighted by Gasteiger charge is -2.35. The average molecular weight is 603 g/mol. The smallest absolute Gasteiger partial charge is 0.353 e. The molecule has 2 unspecified atom stereocenters. The van der Waals surface area contributed by atoms with Crippen LogP contribution in [0.15, 0.2) is 77.9 Å². The molecule has 1 aromatic heterocycles. The fourth-order valence-electron chi connectivity index (χ4n) is 4.37. The van der Waals surface area contributed by atoms with Crippen molar-refractivity contribution in [3.05, 3.63) is 84.3 Å². The van der Waals surface area contributed by atoms with Gasteiger partial charge in [0.2, 0.25) is 0 Å². The summed E-state index contributed by atoms with van der Waals surface area (Å²) < 4.78 is 60.2. The highest BCUT2D eigenvalue weighted by Gasteiger charge is 2.49. The second-order valence-electron chi connectivity index (χ2n) is 9.41. The number of halogens is 4. The number of hydrogen-bond acceptors (Lipinski definition) is 7. The minimum absolute atomic E-state index is 0.0994. The fourth-order valence-corrected chi connectivity index (χ4v) is 5.27. The van der Waals surface area contributed by atoms with Crippen molar-refractivity contribution in [1.82, 2.24) is 9.88 Å². The maximum absolute atomic E-state index is 13.8. The highest BCUT2D eigenvalue weighted by molar-refractivity contribution is 7.99. The maximum Gasteiger partial charge on any atom is 0.432 e. The molecule has 2 aliphatic rings. The van der Waals surface area contributed by atoms with E-state index in [-0.39, 0.29) is 11.4 Å². The highest BCUT2D eigenvalue weighted by Crippen LogP contribution is 2.33. The third kappa shape index (κ3) is 7.18. The Bertz CT molecular complexity index is 1430. The van der Waals surface area contributed by atoms with Gasteiger partial charge in [0.25, 0.3) is 5.91 Å². The first-order chi connectivity index (χ1) is 20.2. The molecule has 0 saturated carbocycles. The van der Waals surface area contributed by atoms with Gasteiger partial charge in [0, 0.05) is 31.9 Å². The molecule has 2 aliphatic heterocycles. The molecule has 2 atom stereocenters. The quantitative estimate of drug-likeness (QED) is 0.364. The lowest BCUT2D eigenvalue weighted by Crippen LogP contribution is -2.50. The predicted molar refractivity (Wildman–Crippen MR) is 152 cm³/mol. The third-order valence-corrected chi connectivity index (χ3v) is 7.53. The molecule has 3 heterocycles. The molecule has 42 heavy (non-hydrogen) atoms. The van der Waals surface area contributed by atoms with Crippen LogP contribution in [-0.4, -0.2) is 71.6 Å². The fraction of sp³-hybridized carbons (Fsp3) is 0.286. The Morgan fingerprint density at radius 3 is 2.33 bits per heavy atom. The van der Waals surface area contributed by atoms with Gasteiger partial charge in [-0.2, -0.15) is 13.2 Å². The van der Waals surface area contributed by atoms with Crippen molar-refractivity contribution in [1.29, 1.82) is 0 Å². The number of pyridine rings is 1.